The number of hydrogen-bond acceptors (Lipinski definition) is 2. The smallest absolute Gasteiger partial charge is 0.197 e. The predicted molar refractivity (Wildman–Crippen MR) is 8.14 cm³/mol. The molecule has 0 N–H and O–H groups in total. The molecule has 0 aromatic heterocycles. The second-order valence-electron chi connectivity index (χ2n) is 0. The predicted octanol–water partition coefficient (Wildman–Crippen LogP) is -0.341. The summed E-state index contributed by atoms with van der Waals surface area (Å²) >= 11 is 2.83. The molecule has 0 aliphatic heterocycles. The van der Waals surface area contributed by atoms with Crippen molar-refractivity contribution in [2.45, 2.75) is 0 Å². The van der Waals surface area contributed by atoms with Crippen LogP contribution in [0.4, 0.5) is 0 Å². The first kappa shape index (κ1) is 17.5. The summed E-state index contributed by atoms with van der Waals surface area (Å²) in [7, 11) is 0. The van der Waals surface area contributed by atoms with Crippen LogP contribution < -0.4 is 0 Å². The second kappa shape index (κ2) is 23.1. The molecule has 0 bridgehead atoms. The fraction of sp³-hybridized carbons (Fsp3) is 0. The maximum Gasteiger partial charge on any atom is 0.197 e. The zero-order valence-electron chi connectivity index (χ0n) is 1.82. The van der Waals surface area contributed by atoms with E-state index < -0.39 is 0 Å². The van der Waals surface area contributed by atoms with Crippen LogP contribution in [-0.4, -0.2) is 4.21 Å². The topological polar surface area (TPSA) is 17.1 Å². The third-order valence-corrected chi connectivity index (χ3v) is 0. The Kier molecular flexibility index (Phi) is 101. The SMILES string of the molecule is O=S.[Ti].[Zr]. The third-order valence-electron chi connectivity index (χ3n) is 0. The Labute approximate surface area is 64.1 Å². The molecule has 1 nitrogen and oxygen atoms in total. The van der Waals surface area contributed by atoms with E-state index in [-0.39, 0.29) is 47.9 Å². The van der Waals surface area contributed by atoms with Gasteiger partial charge in [-0.2, -0.15) is 4.21 Å². The van der Waals surface area contributed by atoms with Gasteiger partial charge in [0, 0.05) is 47.9 Å². The van der Waals surface area contributed by atoms with Crippen LogP contribution in [0.2, 0.25) is 0 Å². The summed E-state index contributed by atoms with van der Waals surface area (Å²) < 4.78 is 7.83. The molecule has 0 saturated heterocycles. The zero-order chi connectivity index (χ0) is 2.00. The van der Waals surface area contributed by atoms with Gasteiger partial charge in [-0.25, -0.2) is 0 Å². The Morgan fingerprint density at radius 1 is 1.25 bits per heavy atom. The van der Waals surface area contributed by atoms with Crippen molar-refractivity contribution in [1.29, 1.82) is 0 Å². The van der Waals surface area contributed by atoms with Crippen molar-refractivity contribution < 1.29 is 52.1 Å². The Balaban J connectivity index is -0.00000000500. The summed E-state index contributed by atoms with van der Waals surface area (Å²) in [6, 6.07) is 0. The van der Waals surface area contributed by atoms with Gasteiger partial charge >= 0.3 is 0 Å². The van der Waals surface area contributed by atoms with E-state index in [1.165, 1.54) is 0 Å². The summed E-state index contributed by atoms with van der Waals surface area (Å²) in [6.07, 6.45) is 0. The van der Waals surface area contributed by atoms with Gasteiger partial charge in [0.15, 0.2) is 12.5 Å². The molecule has 0 rings (SSSR count). The van der Waals surface area contributed by atoms with E-state index in [1.54, 1.807) is 0 Å². The summed E-state index contributed by atoms with van der Waals surface area (Å²) in [4.78, 5) is 0. The van der Waals surface area contributed by atoms with Crippen molar-refractivity contribution in [3.05, 3.63) is 0 Å². The molecule has 20 valence electrons. The maximum atomic E-state index is 7.83. The molecule has 0 aromatic rings. The van der Waals surface area contributed by atoms with Crippen molar-refractivity contribution in [2.75, 3.05) is 0 Å². The van der Waals surface area contributed by atoms with Gasteiger partial charge in [0.1, 0.15) is 0 Å². The quantitative estimate of drug-likeness (QED) is 0.482. The molecule has 0 aromatic carbocycles. The molecule has 0 aliphatic carbocycles. The molecule has 0 unspecified atom stereocenters. The van der Waals surface area contributed by atoms with Crippen LogP contribution >= 0.6 is 0 Å². The van der Waals surface area contributed by atoms with Crippen molar-refractivity contribution in [3.8, 4) is 0 Å². The number of rotatable bonds is 0. The van der Waals surface area contributed by atoms with Gasteiger partial charge < -0.3 is 0 Å². The van der Waals surface area contributed by atoms with E-state index in [0.29, 0.717) is 0 Å². The van der Waals surface area contributed by atoms with Gasteiger partial charge in [-0.3, -0.25) is 0 Å². The summed E-state index contributed by atoms with van der Waals surface area (Å²) in [5.74, 6) is 0. The molecule has 0 fully saturated rings. The molecular weight excluding hydrogens is 187 g/mol. The Morgan fingerprint density at radius 3 is 1.25 bits per heavy atom. The first-order valence-electron chi connectivity index (χ1n) is 0.167. The molecule has 0 aliphatic rings. The van der Waals surface area contributed by atoms with E-state index in [1.807, 2.05) is 0 Å². The molecule has 0 amide bonds. The minimum Gasteiger partial charge on any atom is -0.197 e. The van der Waals surface area contributed by atoms with Gasteiger partial charge in [0.25, 0.3) is 0 Å². The van der Waals surface area contributed by atoms with E-state index in [0.717, 1.165) is 0 Å². The van der Waals surface area contributed by atoms with Crippen molar-refractivity contribution in [3.63, 3.8) is 0 Å². The third kappa shape index (κ3) is 9.47. The molecule has 0 saturated carbocycles. The first-order chi connectivity index (χ1) is 1.00. The van der Waals surface area contributed by atoms with Crippen molar-refractivity contribution >= 4 is 12.5 Å². The summed E-state index contributed by atoms with van der Waals surface area (Å²) in [5, 5.41) is 0. The fourth-order valence-electron chi connectivity index (χ4n) is 0. The minimum absolute atomic E-state index is 0. The fourth-order valence-corrected chi connectivity index (χ4v) is 0. The van der Waals surface area contributed by atoms with Crippen LogP contribution in [-0.2, 0) is 60.5 Å². The van der Waals surface area contributed by atoms with E-state index in [4.69, 9.17) is 4.21 Å². The van der Waals surface area contributed by atoms with Crippen molar-refractivity contribution in [2.24, 2.45) is 0 Å². The second-order valence-corrected chi connectivity index (χ2v) is 0. The number of hydrogen-bond donors (Lipinski definition) is 0. The van der Waals surface area contributed by atoms with Gasteiger partial charge in [-0.1, -0.05) is 0 Å². The van der Waals surface area contributed by atoms with E-state index >= 15 is 0 Å². The zero-order valence-corrected chi connectivity index (χ0v) is 6.65. The Morgan fingerprint density at radius 2 is 1.25 bits per heavy atom. The largest absolute Gasteiger partial charge is 0.197 e. The van der Waals surface area contributed by atoms with Crippen LogP contribution in [0.3, 0.4) is 0 Å². The van der Waals surface area contributed by atoms with Gasteiger partial charge in [0.2, 0.25) is 0 Å². The summed E-state index contributed by atoms with van der Waals surface area (Å²) in [5.41, 5.74) is 0. The normalized spacial score (nSPS) is 1.00. The molecular formula is OSTiZr. The minimum atomic E-state index is 0. The molecule has 0 spiro atoms. The van der Waals surface area contributed by atoms with Gasteiger partial charge in [-0.15, -0.1) is 0 Å². The van der Waals surface area contributed by atoms with E-state index in [2.05, 4.69) is 12.5 Å². The molecule has 0 radical (unpaired) electrons. The Hall–Kier alpha value is 1.62. The average molecular weight is 187 g/mol. The molecule has 4 heavy (non-hydrogen) atoms. The van der Waals surface area contributed by atoms with Crippen LogP contribution in [0, 0.1) is 0 Å². The van der Waals surface area contributed by atoms with Crippen LogP contribution in [0.15, 0.2) is 0 Å². The summed E-state index contributed by atoms with van der Waals surface area (Å²) in [6.45, 7) is 0. The van der Waals surface area contributed by atoms with Crippen LogP contribution in [0.25, 0.3) is 0 Å². The van der Waals surface area contributed by atoms with Gasteiger partial charge in [-0.05, 0) is 0 Å². The van der Waals surface area contributed by atoms with Crippen molar-refractivity contribution in [1.82, 2.24) is 0 Å². The Bertz CT molecular complexity index is 8.00. The first-order valence-corrected chi connectivity index (χ1v) is 0.500. The molecule has 4 heteroatoms. The van der Waals surface area contributed by atoms with Gasteiger partial charge in [0.05, 0.1) is 0 Å². The van der Waals surface area contributed by atoms with Crippen LogP contribution in [0.1, 0.15) is 0 Å². The van der Waals surface area contributed by atoms with E-state index in [9.17, 15) is 0 Å². The average Bonchev–Trinajstić information content (AvgIpc) is 1.00. The monoisotopic (exact) mass is 186 g/mol. The standard InChI is InChI=1S/OS.Ti.Zr/c1-2;;. The molecule has 0 heterocycles. The van der Waals surface area contributed by atoms with Crippen LogP contribution in [0.5, 0.6) is 0 Å². The maximum absolute atomic E-state index is 7.83. The molecule has 0 atom stereocenters.